The van der Waals surface area contributed by atoms with E-state index in [1.165, 1.54) is 52.8 Å². The molecule has 1 aliphatic rings. The maximum Gasteiger partial charge on any atom is 0.338 e. The number of carbonyl (C=O) groups excluding carboxylic acids is 1. The highest BCUT2D eigenvalue weighted by Crippen LogP contribution is 2.21. The van der Waals surface area contributed by atoms with Gasteiger partial charge in [0.1, 0.15) is 6.61 Å². The number of benzene rings is 2. The number of ether oxygens (including phenoxy) is 1. The molecule has 0 radical (unpaired) electrons. The van der Waals surface area contributed by atoms with E-state index in [0.717, 1.165) is 19.3 Å². The van der Waals surface area contributed by atoms with Gasteiger partial charge in [0.05, 0.1) is 15.4 Å². The Hall–Kier alpha value is -2.78. The van der Waals surface area contributed by atoms with E-state index in [4.69, 9.17) is 4.74 Å². The number of esters is 1. The Kier molecular flexibility index (Phi) is 6.05. The minimum atomic E-state index is -3.54. The van der Waals surface area contributed by atoms with Crippen LogP contribution >= 0.6 is 0 Å². The summed E-state index contributed by atoms with van der Waals surface area (Å²) in [5.41, 5.74) is 0.809. The van der Waals surface area contributed by atoms with Crippen molar-refractivity contribution < 1.29 is 22.9 Å². The number of hydrogen-bond acceptors (Lipinski definition) is 6. The average molecular weight is 404 g/mol. The summed E-state index contributed by atoms with van der Waals surface area (Å²) in [5.74, 6) is -0.597. The Labute approximate surface area is 162 Å². The van der Waals surface area contributed by atoms with Crippen molar-refractivity contribution in [3.05, 3.63) is 69.8 Å². The van der Waals surface area contributed by atoms with Gasteiger partial charge in [0.25, 0.3) is 5.69 Å². The third-order valence-electron chi connectivity index (χ3n) is 4.56. The number of non-ortho nitro benzene ring substituents is 1. The van der Waals surface area contributed by atoms with Crippen molar-refractivity contribution >= 4 is 21.7 Å². The number of sulfonamides is 1. The fourth-order valence-electron chi connectivity index (χ4n) is 2.96. The van der Waals surface area contributed by atoms with Crippen LogP contribution in [0.25, 0.3) is 0 Å². The molecule has 0 unspecified atom stereocenters. The predicted octanol–water partition coefficient (Wildman–Crippen LogP) is 3.13. The molecule has 9 heteroatoms. The molecule has 2 aromatic rings. The van der Waals surface area contributed by atoms with Crippen LogP contribution in [0, 0.1) is 10.1 Å². The van der Waals surface area contributed by atoms with Gasteiger partial charge in [-0.2, -0.15) is 4.31 Å². The predicted molar refractivity (Wildman–Crippen MR) is 101 cm³/mol. The molecule has 0 atom stereocenters. The van der Waals surface area contributed by atoms with Gasteiger partial charge in [0.2, 0.25) is 10.0 Å². The third-order valence-corrected chi connectivity index (χ3v) is 6.47. The van der Waals surface area contributed by atoms with Crippen LogP contribution in [-0.4, -0.2) is 36.7 Å². The standard InChI is InChI=1S/C19H20N2O6S/c22-19(27-14-15-4-8-17(9-5-15)21(23)24)16-6-10-18(11-7-16)28(25,26)20-12-2-1-3-13-20/h4-11H,1-3,12-14H2. The minimum Gasteiger partial charge on any atom is -0.457 e. The van der Waals surface area contributed by atoms with Crippen molar-refractivity contribution in [2.24, 2.45) is 0 Å². The van der Waals surface area contributed by atoms with Gasteiger partial charge in [-0.1, -0.05) is 6.42 Å². The summed E-state index contributed by atoms with van der Waals surface area (Å²) >= 11 is 0. The van der Waals surface area contributed by atoms with Crippen LogP contribution in [0.5, 0.6) is 0 Å². The number of hydrogen-bond donors (Lipinski definition) is 0. The van der Waals surface area contributed by atoms with Crippen molar-refractivity contribution in [2.75, 3.05) is 13.1 Å². The molecule has 28 heavy (non-hydrogen) atoms. The molecule has 1 fully saturated rings. The maximum absolute atomic E-state index is 12.6. The van der Waals surface area contributed by atoms with E-state index in [-0.39, 0.29) is 22.8 Å². The molecule has 1 heterocycles. The second-order valence-corrected chi connectivity index (χ2v) is 8.43. The van der Waals surface area contributed by atoms with E-state index in [1.54, 1.807) is 0 Å². The summed E-state index contributed by atoms with van der Waals surface area (Å²) in [6.45, 7) is 0.993. The number of carbonyl (C=O) groups is 1. The second kappa shape index (κ2) is 8.49. The molecule has 0 amide bonds. The fourth-order valence-corrected chi connectivity index (χ4v) is 4.48. The van der Waals surface area contributed by atoms with E-state index in [2.05, 4.69) is 0 Å². The molecule has 8 nitrogen and oxygen atoms in total. The Morgan fingerprint density at radius 3 is 2.18 bits per heavy atom. The Balaban J connectivity index is 1.62. The minimum absolute atomic E-state index is 0.0370. The first-order valence-electron chi connectivity index (χ1n) is 8.88. The highest BCUT2D eigenvalue weighted by atomic mass is 32.2. The summed E-state index contributed by atoms with van der Waals surface area (Å²) in [6.07, 6.45) is 2.74. The van der Waals surface area contributed by atoms with E-state index in [9.17, 15) is 23.3 Å². The SMILES string of the molecule is O=C(OCc1ccc([N+](=O)[O-])cc1)c1ccc(S(=O)(=O)N2CCCCC2)cc1. The first kappa shape index (κ1) is 20.0. The molecular weight excluding hydrogens is 384 g/mol. The lowest BCUT2D eigenvalue weighted by molar-refractivity contribution is -0.384. The van der Waals surface area contributed by atoms with Crippen LogP contribution in [-0.2, 0) is 21.4 Å². The smallest absolute Gasteiger partial charge is 0.338 e. The molecule has 1 aliphatic heterocycles. The van der Waals surface area contributed by atoms with Crippen LogP contribution in [0.15, 0.2) is 53.4 Å². The van der Waals surface area contributed by atoms with Gasteiger partial charge >= 0.3 is 5.97 Å². The largest absolute Gasteiger partial charge is 0.457 e. The second-order valence-electron chi connectivity index (χ2n) is 6.49. The zero-order valence-corrected chi connectivity index (χ0v) is 15.9. The molecule has 1 saturated heterocycles. The summed E-state index contributed by atoms with van der Waals surface area (Å²) in [5, 5.41) is 10.6. The molecule has 0 N–H and O–H groups in total. The van der Waals surface area contributed by atoms with E-state index >= 15 is 0 Å². The van der Waals surface area contributed by atoms with E-state index in [1.807, 2.05) is 0 Å². The van der Waals surface area contributed by atoms with Crippen LogP contribution in [0.3, 0.4) is 0 Å². The molecule has 0 aliphatic carbocycles. The maximum atomic E-state index is 12.6. The first-order chi connectivity index (χ1) is 13.4. The molecule has 0 spiro atoms. The van der Waals surface area contributed by atoms with Crippen molar-refractivity contribution in [3.63, 3.8) is 0 Å². The summed E-state index contributed by atoms with van der Waals surface area (Å²) in [4.78, 5) is 22.5. The molecule has 0 aromatic heterocycles. The van der Waals surface area contributed by atoms with Crippen LogP contribution in [0.2, 0.25) is 0 Å². The highest BCUT2D eigenvalue weighted by molar-refractivity contribution is 7.89. The van der Waals surface area contributed by atoms with Crippen LogP contribution in [0.4, 0.5) is 5.69 Å². The van der Waals surface area contributed by atoms with E-state index < -0.39 is 20.9 Å². The van der Waals surface area contributed by atoms with E-state index in [0.29, 0.717) is 18.7 Å². The monoisotopic (exact) mass is 404 g/mol. The summed E-state index contributed by atoms with van der Waals surface area (Å²) in [7, 11) is -3.54. The van der Waals surface area contributed by atoms with Crippen molar-refractivity contribution in [2.45, 2.75) is 30.8 Å². The zero-order chi connectivity index (χ0) is 20.1. The van der Waals surface area contributed by atoms with Crippen molar-refractivity contribution in [1.29, 1.82) is 0 Å². The third kappa shape index (κ3) is 4.55. The lowest BCUT2D eigenvalue weighted by Gasteiger charge is -2.25. The first-order valence-corrected chi connectivity index (χ1v) is 10.3. The molecule has 0 bridgehead atoms. The van der Waals surface area contributed by atoms with Gasteiger partial charge in [0, 0.05) is 25.2 Å². The molecule has 3 rings (SSSR count). The lowest BCUT2D eigenvalue weighted by atomic mass is 10.2. The number of rotatable bonds is 6. The Bertz CT molecular complexity index is 949. The van der Waals surface area contributed by atoms with Gasteiger partial charge in [-0.05, 0) is 54.8 Å². The topological polar surface area (TPSA) is 107 Å². The van der Waals surface area contributed by atoms with Gasteiger partial charge < -0.3 is 4.74 Å². The molecule has 2 aromatic carbocycles. The zero-order valence-electron chi connectivity index (χ0n) is 15.1. The summed E-state index contributed by atoms with van der Waals surface area (Å²) < 4.78 is 31.9. The van der Waals surface area contributed by atoms with Crippen molar-refractivity contribution in [1.82, 2.24) is 4.31 Å². The summed E-state index contributed by atoms with van der Waals surface area (Å²) in [6, 6.07) is 11.4. The number of nitrogens with zero attached hydrogens (tertiary/aromatic N) is 2. The van der Waals surface area contributed by atoms with Gasteiger partial charge in [-0.3, -0.25) is 10.1 Å². The van der Waals surface area contributed by atoms with Gasteiger partial charge in [-0.25, -0.2) is 13.2 Å². The lowest BCUT2D eigenvalue weighted by Crippen LogP contribution is -2.35. The van der Waals surface area contributed by atoms with Crippen LogP contribution < -0.4 is 0 Å². The van der Waals surface area contributed by atoms with Gasteiger partial charge in [0.15, 0.2) is 0 Å². The quantitative estimate of drug-likeness (QED) is 0.416. The molecule has 0 saturated carbocycles. The van der Waals surface area contributed by atoms with Crippen LogP contribution in [0.1, 0.15) is 35.2 Å². The van der Waals surface area contributed by atoms with Gasteiger partial charge in [-0.15, -0.1) is 0 Å². The normalized spacial score (nSPS) is 15.1. The van der Waals surface area contributed by atoms with Crippen molar-refractivity contribution in [3.8, 4) is 0 Å². The highest BCUT2D eigenvalue weighted by Gasteiger charge is 2.26. The molecular formula is C19H20N2O6S. The number of nitro groups is 1. The number of piperidine rings is 1. The fraction of sp³-hybridized carbons (Fsp3) is 0.316. The Morgan fingerprint density at radius 2 is 1.61 bits per heavy atom. The Morgan fingerprint density at radius 1 is 1.00 bits per heavy atom. The molecule has 148 valence electrons. The average Bonchev–Trinajstić information content (AvgIpc) is 2.73. The number of nitro benzene ring substituents is 1.